The van der Waals surface area contributed by atoms with Gasteiger partial charge in [0.2, 0.25) is 11.8 Å². The standard InChI is InChI=1S/C18H21N3O2S/c1-12-14(3)24-16(19-12)10-21-13(2)18(23)20(11-17(21)22)9-15-7-5-4-6-8-15/h4-8,13H,9-11H2,1-3H3/t13-/m1/s1. The number of carbonyl (C=O) groups is 2. The van der Waals surface area contributed by atoms with Crippen LogP contribution in [0.5, 0.6) is 0 Å². The van der Waals surface area contributed by atoms with E-state index < -0.39 is 6.04 Å². The highest BCUT2D eigenvalue weighted by Crippen LogP contribution is 2.22. The van der Waals surface area contributed by atoms with E-state index in [9.17, 15) is 9.59 Å². The van der Waals surface area contributed by atoms with E-state index in [-0.39, 0.29) is 18.4 Å². The van der Waals surface area contributed by atoms with Crippen molar-refractivity contribution in [3.63, 3.8) is 0 Å². The quantitative estimate of drug-likeness (QED) is 0.857. The van der Waals surface area contributed by atoms with Crippen LogP contribution >= 0.6 is 11.3 Å². The second-order valence-electron chi connectivity index (χ2n) is 6.13. The summed E-state index contributed by atoms with van der Waals surface area (Å²) in [4.78, 5) is 34.1. The van der Waals surface area contributed by atoms with Gasteiger partial charge in [0, 0.05) is 11.4 Å². The molecule has 2 amide bonds. The highest BCUT2D eigenvalue weighted by atomic mass is 32.1. The summed E-state index contributed by atoms with van der Waals surface area (Å²) in [5.41, 5.74) is 2.02. The normalized spacial score (nSPS) is 18.4. The minimum atomic E-state index is -0.459. The smallest absolute Gasteiger partial charge is 0.245 e. The maximum absolute atomic E-state index is 12.7. The topological polar surface area (TPSA) is 53.5 Å². The van der Waals surface area contributed by atoms with Gasteiger partial charge in [-0.3, -0.25) is 9.59 Å². The fraction of sp³-hybridized carbons (Fsp3) is 0.389. The van der Waals surface area contributed by atoms with E-state index in [0.717, 1.165) is 21.1 Å². The maximum Gasteiger partial charge on any atom is 0.245 e. The number of amides is 2. The zero-order valence-corrected chi connectivity index (χ0v) is 15.0. The summed E-state index contributed by atoms with van der Waals surface area (Å²) < 4.78 is 0. The van der Waals surface area contributed by atoms with Crippen molar-refractivity contribution in [3.8, 4) is 0 Å². The second kappa shape index (κ2) is 6.73. The molecule has 126 valence electrons. The number of hydrogen-bond donors (Lipinski definition) is 0. The van der Waals surface area contributed by atoms with Gasteiger partial charge < -0.3 is 9.80 Å². The van der Waals surface area contributed by atoms with Gasteiger partial charge in [-0.05, 0) is 26.3 Å². The van der Waals surface area contributed by atoms with E-state index in [4.69, 9.17) is 0 Å². The molecule has 1 aliphatic rings. The molecule has 1 fully saturated rings. The molecule has 5 nitrogen and oxygen atoms in total. The highest BCUT2D eigenvalue weighted by molar-refractivity contribution is 7.11. The molecule has 1 aromatic heterocycles. The summed E-state index contributed by atoms with van der Waals surface area (Å²) in [6, 6.07) is 9.29. The molecule has 0 N–H and O–H groups in total. The van der Waals surface area contributed by atoms with Crippen LogP contribution in [0.25, 0.3) is 0 Å². The Morgan fingerprint density at radius 3 is 2.50 bits per heavy atom. The summed E-state index contributed by atoms with van der Waals surface area (Å²) in [6.45, 7) is 6.78. The van der Waals surface area contributed by atoms with Crippen molar-refractivity contribution in [2.24, 2.45) is 0 Å². The summed E-state index contributed by atoms with van der Waals surface area (Å²) in [7, 11) is 0. The van der Waals surface area contributed by atoms with Crippen LogP contribution in [0.2, 0.25) is 0 Å². The predicted octanol–water partition coefficient (Wildman–Crippen LogP) is 2.52. The van der Waals surface area contributed by atoms with Crippen LogP contribution < -0.4 is 0 Å². The molecule has 0 spiro atoms. The first-order valence-electron chi connectivity index (χ1n) is 8.01. The number of aryl methyl sites for hydroxylation is 2. The zero-order valence-electron chi connectivity index (χ0n) is 14.2. The summed E-state index contributed by atoms with van der Waals surface area (Å²) >= 11 is 1.59. The van der Waals surface area contributed by atoms with Crippen LogP contribution in [0.1, 0.15) is 28.1 Å². The predicted molar refractivity (Wildman–Crippen MR) is 93.5 cm³/mol. The maximum atomic E-state index is 12.7. The van der Waals surface area contributed by atoms with Gasteiger partial charge in [0.25, 0.3) is 0 Å². The molecule has 0 radical (unpaired) electrons. The van der Waals surface area contributed by atoms with Crippen molar-refractivity contribution >= 4 is 23.2 Å². The number of carbonyl (C=O) groups excluding carboxylic acids is 2. The summed E-state index contributed by atoms with van der Waals surface area (Å²) in [6.07, 6.45) is 0. The van der Waals surface area contributed by atoms with Gasteiger partial charge in [0.15, 0.2) is 0 Å². The largest absolute Gasteiger partial charge is 0.327 e. The Kier molecular flexibility index (Phi) is 4.66. The van der Waals surface area contributed by atoms with Crippen LogP contribution in [-0.4, -0.2) is 39.2 Å². The van der Waals surface area contributed by atoms with Crippen molar-refractivity contribution in [1.29, 1.82) is 0 Å². The fourth-order valence-corrected chi connectivity index (χ4v) is 3.79. The minimum Gasteiger partial charge on any atom is -0.327 e. The average Bonchev–Trinajstić information content (AvgIpc) is 2.88. The highest BCUT2D eigenvalue weighted by Gasteiger charge is 2.36. The third-order valence-electron chi connectivity index (χ3n) is 4.38. The van der Waals surface area contributed by atoms with Crippen LogP contribution in [0, 0.1) is 13.8 Å². The number of aromatic nitrogens is 1. The van der Waals surface area contributed by atoms with Crippen LogP contribution in [0.4, 0.5) is 0 Å². The molecule has 1 atom stereocenters. The monoisotopic (exact) mass is 343 g/mol. The van der Waals surface area contributed by atoms with Gasteiger partial charge in [0.05, 0.1) is 12.2 Å². The molecule has 2 heterocycles. The number of nitrogens with zero attached hydrogens (tertiary/aromatic N) is 3. The van der Waals surface area contributed by atoms with Gasteiger partial charge in [0.1, 0.15) is 17.6 Å². The van der Waals surface area contributed by atoms with Gasteiger partial charge in [-0.15, -0.1) is 11.3 Å². The third kappa shape index (κ3) is 3.33. The Hall–Kier alpha value is -2.21. The molecule has 0 aliphatic carbocycles. The van der Waals surface area contributed by atoms with E-state index >= 15 is 0 Å². The first kappa shape index (κ1) is 16.6. The molecule has 24 heavy (non-hydrogen) atoms. The lowest BCUT2D eigenvalue weighted by atomic mass is 10.1. The Morgan fingerprint density at radius 1 is 1.17 bits per heavy atom. The molecule has 0 bridgehead atoms. The lowest BCUT2D eigenvalue weighted by Gasteiger charge is -2.38. The Bertz CT molecular complexity index is 737. The SMILES string of the molecule is Cc1nc(CN2C(=O)CN(Cc3ccccc3)C(=O)[C@H]2C)sc1C. The van der Waals surface area contributed by atoms with Crippen LogP contribution in [0.15, 0.2) is 30.3 Å². The van der Waals surface area contributed by atoms with Crippen molar-refractivity contribution < 1.29 is 9.59 Å². The number of thiazole rings is 1. The van der Waals surface area contributed by atoms with E-state index in [1.165, 1.54) is 0 Å². The van der Waals surface area contributed by atoms with Gasteiger partial charge in [-0.1, -0.05) is 30.3 Å². The average molecular weight is 343 g/mol. The van der Waals surface area contributed by atoms with E-state index in [2.05, 4.69) is 4.98 Å². The number of hydrogen-bond acceptors (Lipinski definition) is 4. The van der Waals surface area contributed by atoms with E-state index in [0.29, 0.717) is 13.1 Å². The van der Waals surface area contributed by atoms with Crippen LogP contribution in [0.3, 0.4) is 0 Å². The van der Waals surface area contributed by atoms with Crippen molar-refractivity contribution in [2.75, 3.05) is 6.54 Å². The minimum absolute atomic E-state index is 0.0107. The lowest BCUT2D eigenvalue weighted by molar-refractivity contribution is -0.156. The molecule has 1 aliphatic heterocycles. The van der Waals surface area contributed by atoms with Gasteiger partial charge >= 0.3 is 0 Å². The first-order valence-corrected chi connectivity index (χ1v) is 8.82. The first-order chi connectivity index (χ1) is 11.5. The summed E-state index contributed by atoms with van der Waals surface area (Å²) in [5.74, 6) is -0.0352. The Labute approximate surface area is 145 Å². The molecular formula is C18H21N3O2S. The molecule has 2 aromatic rings. The second-order valence-corrected chi connectivity index (χ2v) is 7.41. The number of benzene rings is 1. The Morgan fingerprint density at radius 2 is 1.88 bits per heavy atom. The van der Waals surface area contributed by atoms with E-state index in [1.807, 2.05) is 44.2 Å². The molecule has 1 saturated heterocycles. The van der Waals surface area contributed by atoms with Crippen LogP contribution in [-0.2, 0) is 22.7 Å². The molecule has 0 saturated carbocycles. The lowest BCUT2D eigenvalue weighted by Crippen LogP contribution is -2.57. The third-order valence-corrected chi connectivity index (χ3v) is 5.44. The van der Waals surface area contributed by atoms with Gasteiger partial charge in [-0.25, -0.2) is 4.98 Å². The molecule has 6 heteroatoms. The Balaban J connectivity index is 1.72. The van der Waals surface area contributed by atoms with Crippen molar-refractivity contribution in [1.82, 2.24) is 14.8 Å². The number of piperazine rings is 1. The molecule has 0 unspecified atom stereocenters. The fourth-order valence-electron chi connectivity index (χ4n) is 2.86. The molecule has 1 aromatic carbocycles. The van der Waals surface area contributed by atoms with E-state index in [1.54, 1.807) is 28.1 Å². The zero-order chi connectivity index (χ0) is 17.3. The molecular weight excluding hydrogens is 322 g/mol. The summed E-state index contributed by atoms with van der Waals surface area (Å²) in [5, 5.41) is 0.884. The van der Waals surface area contributed by atoms with Crippen molar-refractivity contribution in [2.45, 2.75) is 39.9 Å². The van der Waals surface area contributed by atoms with Crippen molar-refractivity contribution in [3.05, 3.63) is 51.5 Å². The van der Waals surface area contributed by atoms with Gasteiger partial charge in [-0.2, -0.15) is 0 Å². The number of rotatable bonds is 4. The molecule has 3 rings (SSSR count).